The molecule has 20 heavy (non-hydrogen) atoms. The quantitative estimate of drug-likeness (QED) is 0.858. The Kier molecular flexibility index (Phi) is 4.39. The molecule has 0 atom stereocenters. The second kappa shape index (κ2) is 6.04. The Bertz CT molecular complexity index is 619. The van der Waals surface area contributed by atoms with Crippen molar-refractivity contribution in [2.75, 3.05) is 12.4 Å². The van der Waals surface area contributed by atoms with Crippen LogP contribution in [0.4, 0.5) is 14.5 Å². The summed E-state index contributed by atoms with van der Waals surface area (Å²) in [5.41, 5.74) is 0.607. The third-order valence-corrected chi connectivity index (χ3v) is 3.21. The van der Waals surface area contributed by atoms with Crippen LogP contribution < -0.4 is 5.32 Å². The minimum atomic E-state index is -0.736. The van der Waals surface area contributed by atoms with Gasteiger partial charge in [-0.15, -0.1) is 0 Å². The van der Waals surface area contributed by atoms with Gasteiger partial charge in [0.25, 0.3) is 0 Å². The van der Waals surface area contributed by atoms with E-state index in [0.717, 1.165) is 12.1 Å². The molecule has 1 aromatic carbocycles. The van der Waals surface area contributed by atoms with Gasteiger partial charge in [0.2, 0.25) is 5.76 Å². The molecule has 7 heteroatoms. The summed E-state index contributed by atoms with van der Waals surface area (Å²) in [6.45, 7) is 0.127. The van der Waals surface area contributed by atoms with Crippen LogP contribution in [0.5, 0.6) is 0 Å². The van der Waals surface area contributed by atoms with E-state index in [1.54, 1.807) is 6.07 Å². The molecule has 0 aliphatic heterocycles. The Labute approximate surface area is 121 Å². The molecule has 0 spiro atoms. The van der Waals surface area contributed by atoms with E-state index in [1.165, 1.54) is 13.4 Å². The molecule has 0 radical (unpaired) electrons. The van der Waals surface area contributed by atoms with Gasteiger partial charge in [-0.05, 0) is 28.1 Å². The lowest BCUT2D eigenvalue weighted by atomic mass is 10.2. The molecule has 1 N–H and O–H groups in total. The molecule has 0 aliphatic rings. The average Bonchev–Trinajstić information content (AvgIpc) is 2.85. The summed E-state index contributed by atoms with van der Waals surface area (Å²) in [4.78, 5) is 11.4. The molecule has 1 aromatic heterocycles. The maximum absolute atomic E-state index is 13.6. The fourth-order valence-corrected chi connectivity index (χ4v) is 2.19. The van der Waals surface area contributed by atoms with Crippen LogP contribution in [0.15, 0.2) is 33.4 Å². The van der Waals surface area contributed by atoms with Gasteiger partial charge in [-0.2, -0.15) is 0 Å². The average molecular weight is 346 g/mol. The van der Waals surface area contributed by atoms with Crippen LogP contribution in [0, 0.1) is 11.6 Å². The van der Waals surface area contributed by atoms with E-state index in [2.05, 4.69) is 26.0 Å². The van der Waals surface area contributed by atoms with E-state index < -0.39 is 17.6 Å². The number of carbonyl (C=O) groups excluding carboxylic acids is 1. The Morgan fingerprint density at radius 2 is 2.20 bits per heavy atom. The third kappa shape index (κ3) is 2.98. The van der Waals surface area contributed by atoms with Gasteiger partial charge in [-0.3, -0.25) is 0 Å². The van der Waals surface area contributed by atoms with Gasteiger partial charge in [-0.25, -0.2) is 13.6 Å². The van der Waals surface area contributed by atoms with Crippen LogP contribution in [0.1, 0.15) is 16.1 Å². The van der Waals surface area contributed by atoms with Crippen molar-refractivity contribution >= 4 is 27.6 Å². The number of esters is 1. The Balaban J connectivity index is 2.18. The van der Waals surface area contributed by atoms with Crippen molar-refractivity contribution in [2.24, 2.45) is 0 Å². The number of anilines is 1. The molecular weight excluding hydrogens is 336 g/mol. The van der Waals surface area contributed by atoms with Gasteiger partial charge in [0.15, 0.2) is 0 Å². The minimum absolute atomic E-state index is 0.0404. The smallest absolute Gasteiger partial charge is 0.374 e. The van der Waals surface area contributed by atoms with E-state index in [-0.39, 0.29) is 22.5 Å². The van der Waals surface area contributed by atoms with Crippen LogP contribution >= 0.6 is 15.9 Å². The lowest BCUT2D eigenvalue weighted by molar-refractivity contribution is 0.0563. The second-order valence-corrected chi connectivity index (χ2v) is 4.72. The van der Waals surface area contributed by atoms with Crippen LogP contribution in [-0.2, 0) is 11.3 Å². The van der Waals surface area contributed by atoms with E-state index in [9.17, 15) is 13.6 Å². The highest BCUT2D eigenvalue weighted by Crippen LogP contribution is 2.27. The van der Waals surface area contributed by atoms with Crippen LogP contribution in [0.25, 0.3) is 0 Å². The number of furan rings is 1. The molecule has 1 heterocycles. The highest BCUT2D eigenvalue weighted by atomic mass is 79.9. The van der Waals surface area contributed by atoms with E-state index in [1.807, 2.05) is 0 Å². The van der Waals surface area contributed by atoms with Crippen molar-refractivity contribution in [1.29, 1.82) is 0 Å². The monoisotopic (exact) mass is 345 g/mol. The largest absolute Gasteiger partial charge is 0.463 e. The lowest BCUT2D eigenvalue weighted by Crippen LogP contribution is -2.08. The van der Waals surface area contributed by atoms with Gasteiger partial charge >= 0.3 is 5.97 Å². The van der Waals surface area contributed by atoms with Crippen molar-refractivity contribution in [3.8, 4) is 0 Å². The zero-order valence-corrected chi connectivity index (χ0v) is 12.0. The van der Waals surface area contributed by atoms with E-state index >= 15 is 0 Å². The number of hydrogen-bond donors (Lipinski definition) is 1. The number of halogens is 3. The van der Waals surface area contributed by atoms with E-state index in [0.29, 0.717) is 5.56 Å². The highest BCUT2D eigenvalue weighted by molar-refractivity contribution is 9.10. The molecule has 0 saturated heterocycles. The number of carbonyl (C=O) groups is 1. The summed E-state index contributed by atoms with van der Waals surface area (Å²) < 4.78 is 36.4. The molecule has 106 valence electrons. The summed E-state index contributed by atoms with van der Waals surface area (Å²) in [5, 5.41) is 2.77. The molecule has 0 unspecified atom stereocenters. The molecule has 0 aliphatic carbocycles. The number of ether oxygens (including phenoxy) is 1. The first-order valence-electron chi connectivity index (χ1n) is 5.56. The summed E-state index contributed by atoms with van der Waals surface area (Å²) in [7, 11) is 1.23. The van der Waals surface area contributed by atoms with Crippen molar-refractivity contribution in [3.63, 3.8) is 0 Å². The zero-order valence-electron chi connectivity index (χ0n) is 10.4. The number of nitrogens with one attached hydrogen (secondary N) is 1. The number of benzene rings is 1. The minimum Gasteiger partial charge on any atom is -0.463 e. The SMILES string of the molecule is COC(=O)c1occc1CNc1c(F)cc(F)cc1Br. The molecule has 2 aromatic rings. The molecule has 4 nitrogen and oxygen atoms in total. The molecule has 0 amide bonds. The Morgan fingerprint density at radius 1 is 1.45 bits per heavy atom. The van der Waals surface area contributed by atoms with Gasteiger partial charge in [0.05, 0.1) is 19.1 Å². The van der Waals surface area contributed by atoms with E-state index in [4.69, 9.17) is 4.42 Å². The maximum Gasteiger partial charge on any atom is 0.374 e. The molecule has 2 rings (SSSR count). The Hall–Kier alpha value is -1.89. The Morgan fingerprint density at radius 3 is 2.85 bits per heavy atom. The molecular formula is C13H10BrF2NO3. The van der Waals surface area contributed by atoms with Crippen LogP contribution in [0.2, 0.25) is 0 Å². The van der Waals surface area contributed by atoms with Crippen LogP contribution in [0.3, 0.4) is 0 Å². The first kappa shape index (κ1) is 14.5. The normalized spacial score (nSPS) is 10.4. The molecule has 0 fully saturated rings. The number of hydrogen-bond acceptors (Lipinski definition) is 4. The molecule has 0 bridgehead atoms. The number of rotatable bonds is 4. The van der Waals surface area contributed by atoms with Crippen molar-refractivity contribution < 1.29 is 22.7 Å². The zero-order chi connectivity index (χ0) is 14.7. The van der Waals surface area contributed by atoms with Crippen molar-refractivity contribution in [1.82, 2.24) is 0 Å². The van der Waals surface area contributed by atoms with Crippen molar-refractivity contribution in [2.45, 2.75) is 6.54 Å². The molecule has 0 saturated carbocycles. The lowest BCUT2D eigenvalue weighted by Gasteiger charge is -2.09. The second-order valence-electron chi connectivity index (χ2n) is 3.86. The predicted octanol–water partition coefficient (Wildman–Crippen LogP) is 3.72. The predicted molar refractivity (Wildman–Crippen MR) is 71.4 cm³/mol. The summed E-state index contributed by atoms with van der Waals surface area (Å²) in [6, 6.07) is 3.47. The first-order chi connectivity index (χ1) is 9.52. The van der Waals surface area contributed by atoms with Crippen molar-refractivity contribution in [3.05, 3.63) is 51.9 Å². The summed E-state index contributed by atoms with van der Waals surface area (Å²) >= 11 is 3.07. The maximum atomic E-state index is 13.6. The summed E-state index contributed by atoms with van der Waals surface area (Å²) in [6.07, 6.45) is 1.33. The van der Waals surface area contributed by atoms with Gasteiger partial charge in [0, 0.05) is 22.6 Å². The van der Waals surface area contributed by atoms with Crippen LogP contribution in [-0.4, -0.2) is 13.1 Å². The van der Waals surface area contributed by atoms with Gasteiger partial charge < -0.3 is 14.5 Å². The fraction of sp³-hybridized carbons (Fsp3) is 0.154. The standard InChI is InChI=1S/C13H10BrF2NO3/c1-19-13(18)12-7(2-3-20-12)6-17-11-9(14)4-8(15)5-10(11)16/h2-5,17H,6H2,1H3. The summed E-state index contributed by atoms with van der Waals surface area (Å²) in [5.74, 6) is -2.00. The topological polar surface area (TPSA) is 51.5 Å². The number of methoxy groups -OCH3 is 1. The van der Waals surface area contributed by atoms with Gasteiger partial charge in [0.1, 0.15) is 11.6 Å². The highest BCUT2D eigenvalue weighted by Gasteiger charge is 2.16. The first-order valence-corrected chi connectivity index (χ1v) is 6.35. The fourth-order valence-electron chi connectivity index (χ4n) is 1.64. The third-order valence-electron chi connectivity index (χ3n) is 2.58. The van der Waals surface area contributed by atoms with Gasteiger partial charge in [-0.1, -0.05) is 0 Å².